The lowest BCUT2D eigenvalue weighted by Crippen LogP contribution is -2.08. The van der Waals surface area contributed by atoms with E-state index in [1.165, 1.54) is 71.1 Å². The fourth-order valence-electron chi connectivity index (χ4n) is 3.03. The Bertz CT molecular complexity index is 473. The van der Waals surface area contributed by atoms with Gasteiger partial charge in [-0.25, -0.2) is 0 Å². The molecule has 1 aromatic rings. The van der Waals surface area contributed by atoms with Crippen LogP contribution in [0.3, 0.4) is 0 Å². The van der Waals surface area contributed by atoms with E-state index in [4.69, 9.17) is 9.47 Å². The molecule has 1 aromatic carbocycles. The van der Waals surface area contributed by atoms with Crippen molar-refractivity contribution in [3.63, 3.8) is 0 Å². The van der Waals surface area contributed by atoms with E-state index in [-0.39, 0.29) is 5.91 Å². The van der Waals surface area contributed by atoms with Gasteiger partial charge in [-0.05, 0) is 30.7 Å². The van der Waals surface area contributed by atoms with Crippen molar-refractivity contribution in [2.24, 2.45) is 0 Å². The molecule has 0 aromatic heterocycles. The zero-order valence-corrected chi connectivity index (χ0v) is 17.4. The second-order valence-corrected chi connectivity index (χ2v) is 7.20. The number of ether oxygens (including phenoxy) is 2. The summed E-state index contributed by atoms with van der Waals surface area (Å²) >= 11 is 0. The Morgan fingerprint density at radius 2 is 1.33 bits per heavy atom. The van der Waals surface area contributed by atoms with Crippen LogP contribution in [0.1, 0.15) is 84.5 Å². The largest absolute Gasteiger partial charge is 0.491 e. The molecule has 0 aliphatic rings. The highest BCUT2D eigenvalue weighted by molar-refractivity contribution is 5.88. The minimum atomic E-state index is -0.0699. The Kier molecular flexibility index (Phi) is 14.5. The molecule has 0 fully saturated rings. The molecule has 0 unspecified atom stereocenters. The molecule has 0 spiro atoms. The van der Waals surface area contributed by atoms with Crippen molar-refractivity contribution in [1.29, 1.82) is 0 Å². The second kappa shape index (κ2) is 16.6. The lowest BCUT2D eigenvalue weighted by Gasteiger charge is -2.08. The normalized spacial score (nSPS) is 10.7. The summed E-state index contributed by atoms with van der Waals surface area (Å²) in [7, 11) is 0. The predicted octanol–water partition coefficient (Wildman–Crippen LogP) is 6.35. The van der Waals surface area contributed by atoms with E-state index < -0.39 is 0 Å². The number of anilines is 1. The van der Waals surface area contributed by atoms with Gasteiger partial charge in [-0.15, -0.1) is 0 Å². The number of carbonyl (C=O) groups is 1. The third-order valence-corrected chi connectivity index (χ3v) is 4.56. The second-order valence-electron chi connectivity index (χ2n) is 7.20. The molecule has 0 aliphatic heterocycles. The molecule has 27 heavy (non-hydrogen) atoms. The number of amides is 1. The van der Waals surface area contributed by atoms with Crippen LogP contribution in [0, 0.1) is 0 Å². The maximum absolute atomic E-state index is 11.0. The summed E-state index contributed by atoms with van der Waals surface area (Å²) in [6.45, 7) is 5.76. The minimum Gasteiger partial charge on any atom is -0.491 e. The summed E-state index contributed by atoms with van der Waals surface area (Å²) in [6, 6.07) is 7.38. The van der Waals surface area contributed by atoms with Crippen LogP contribution in [0.15, 0.2) is 24.3 Å². The van der Waals surface area contributed by atoms with Crippen LogP contribution in [-0.4, -0.2) is 25.7 Å². The van der Waals surface area contributed by atoms with Gasteiger partial charge in [0.15, 0.2) is 0 Å². The Morgan fingerprint density at radius 3 is 1.89 bits per heavy atom. The Morgan fingerprint density at radius 1 is 0.778 bits per heavy atom. The maximum atomic E-state index is 11.0. The van der Waals surface area contributed by atoms with Gasteiger partial charge in [0.1, 0.15) is 12.4 Å². The van der Waals surface area contributed by atoms with Crippen molar-refractivity contribution < 1.29 is 14.3 Å². The molecule has 0 bridgehead atoms. The van der Waals surface area contributed by atoms with Gasteiger partial charge >= 0.3 is 0 Å². The summed E-state index contributed by atoms with van der Waals surface area (Å²) in [4.78, 5) is 11.0. The Labute approximate surface area is 166 Å². The minimum absolute atomic E-state index is 0.0699. The molecule has 0 aliphatic carbocycles. The number of hydrogen-bond acceptors (Lipinski definition) is 3. The van der Waals surface area contributed by atoms with Crippen LogP contribution in [0.4, 0.5) is 5.69 Å². The molecule has 0 heterocycles. The molecule has 0 saturated heterocycles. The first kappa shape index (κ1) is 23.5. The summed E-state index contributed by atoms with van der Waals surface area (Å²) in [6.07, 6.45) is 14.9. The van der Waals surface area contributed by atoms with Crippen LogP contribution in [0.5, 0.6) is 5.75 Å². The summed E-state index contributed by atoms with van der Waals surface area (Å²) in [5, 5.41) is 2.73. The predicted molar refractivity (Wildman–Crippen MR) is 114 cm³/mol. The smallest absolute Gasteiger partial charge is 0.221 e. The highest BCUT2D eigenvalue weighted by Crippen LogP contribution is 2.15. The summed E-state index contributed by atoms with van der Waals surface area (Å²) in [5.41, 5.74) is 0.780. The summed E-state index contributed by atoms with van der Waals surface area (Å²) in [5.74, 6) is 0.724. The van der Waals surface area contributed by atoms with Crippen LogP contribution in [-0.2, 0) is 9.53 Å². The number of rotatable bonds is 17. The molecule has 0 radical (unpaired) electrons. The van der Waals surface area contributed by atoms with Crippen molar-refractivity contribution in [3.8, 4) is 5.75 Å². The van der Waals surface area contributed by atoms with Crippen LogP contribution in [0.25, 0.3) is 0 Å². The van der Waals surface area contributed by atoms with Gasteiger partial charge in [0.2, 0.25) is 5.91 Å². The van der Waals surface area contributed by atoms with Crippen LogP contribution in [0.2, 0.25) is 0 Å². The van der Waals surface area contributed by atoms with E-state index in [0.29, 0.717) is 13.2 Å². The number of unbranched alkanes of at least 4 members (excludes halogenated alkanes) is 10. The number of nitrogens with one attached hydrogen (secondary N) is 1. The molecule has 0 saturated carbocycles. The number of hydrogen-bond donors (Lipinski definition) is 1. The fraction of sp³-hybridized carbons (Fsp3) is 0.696. The molecule has 4 heteroatoms. The van der Waals surface area contributed by atoms with Gasteiger partial charge in [-0.1, -0.05) is 71.1 Å². The van der Waals surface area contributed by atoms with Gasteiger partial charge < -0.3 is 14.8 Å². The van der Waals surface area contributed by atoms with E-state index in [0.717, 1.165) is 24.5 Å². The van der Waals surface area contributed by atoms with Crippen molar-refractivity contribution >= 4 is 11.6 Å². The fourth-order valence-corrected chi connectivity index (χ4v) is 3.03. The highest BCUT2D eigenvalue weighted by atomic mass is 16.5. The summed E-state index contributed by atoms with van der Waals surface area (Å²) < 4.78 is 11.3. The molecule has 4 nitrogen and oxygen atoms in total. The molecular weight excluding hydrogens is 338 g/mol. The zero-order chi connectivity index (χ0) is 19.6. The first-order valence-electron chi connectivity index (χ1n) is 10.8. The van der Waals surface area contributed by atoms with E-state index in [2.05, 4.69) is 12.2 Å². The van der Waals surface area contributed by atoms with Gasteiger partial charge in [0.25, 0.3) is 0 Å². The zero-order valence-electron chi connectivity index (χ0n) is 17.4. The van der Waals surface area contributed by atoms with Crippen molar-refractivity contribution in [2.75, 3.05) is 25.1 Å². The Hall–Kier alpha value is -1.55. The molecule has 1 rings (SSSR count). The van der Waals surface area contributed by atoms with Gasteiger partial charge in [0, 0.05) is 19.2 Å². The highest BCUT2D eigenvalue weighted by Gasteiger charge is 1.98. The lowest BCUT2D eigenvalue weighted by atomic mass is 10.1. The van der Waals surface area contributed by atoms with Crippen LogP contribution >= 0.6 is 0 Å². The topological polar surface area (TPSA) is 47.6 Å². The van der Waals surface area contributed by atoms with Gasteiger partial charge in [-0.2, -0.15) is 0 Å². The van der Waals surface area contributed by atoms with E-state index in [1.807, 2.05) is 24.3 Å². The third-order valence-electron chi connectivity index (χ3n) is 4.56. The van der Waals surface area contributed by atoms with Crippen LogP contribution < -0.4 is 10.1 Å². The molecular formula is C23H39NO3. The molecule has 1 amide bonds. The molecule has 0 atom stereocenters. The number of benzene rings is 1. The quantitative estimate of drug-likeness (QED) is 0.322. The Balaban J connectivity index is 1.84. The first-order valence-corrected chi connectivity index (χ1v) is 10.8. The number of carbonyl (C=O) groups excluding carboxylic acids is 1. The van der Waals surface area contributed by atoms with E-state index in [1.54, 1.807) is 0 Å². The SMILES string of the molecule is CCCCCCCCCCCCCOCCOc1ccc(NC(C)=O)cc1. The lowest BCUT2D eigenvalue weighted by molar-refractivity contribution is -0.114. The van der Waals surface area contributed by atoms with Crippen molar-refractivity contribution in [1.82, 2.24) is 0 Å². The van der Waals surface area contributed by atoms with Crippen molar-refractivity contribution in [3.05, 3.63) is 24.3 Å². The molecule has 1 N–H and O–H groups in total. The standard InChI is InChI=1S/C23H39NO3/c1-3-4-5-6-7-8-9-10-11-12-13-18-26-19-20-27-23-16-14-22(15-17-23)24-21(2)25/h14-17H,3-13,18-20H2,1-2H3,(H,24,25). The van der Waals surface area contributed by atoms with E-state index >= 15 is 0 Å². The van der Waals surface area contributed by atoms with E-state index in [9.17, 15) is 4.79 Å². The molecule has 154 valence electrons. The monoisotopic (exact) mass is 377 g/mol. The average molecular weight is 378 g/mol. The van der Waals surface area contributed by atoms with Gasteiger partial charge in [0.05, 0.1) is 6.61 Å². The van der Waals surface area contributed by atoms with Crippen molar-refractivity contribution in [2.45, 2.75) is 84.5 Å². The maximum Gasteiger partial charge on any atom is 0.221 e. The third kappa shape index (κ3) is 14.2. The average Bonchev–Trinajstić information content (AvgIpc) is 2.66. The first-order chi connectivity index (χ1) is 13.2. The van der Waals surface area contributed by atoms with Gasteiger partial charge in [-0.3, -0.25) is 4.79 Å².